The first-order chi connectivity index (χ1) is 12.3. The van der Waals surface area contributed by atoms with Crippen LogP contribution in [-0.2, 0) is 6.61 Å². The van der Waals surface area contributed by atoms with Gasteiger partial charge in [-0.15, -0.1) is 0 Å². The van der Waals surface area contributed by atoms with E-state index in [2.05, 4.69) is 6.08 Å². The summed E-state index contributed by atoms with van der Waals surface area (Å²) in [5, 5.41) is 9.32. The molecule has 3 aromatic rings. The van der Waals surface area contributed by atoms with Crippen molar-refractivity contribution in [1.82, 2.24) is 0 Å². The highest BCUT2D eigenvalue weighted by atomic mass is 16.5. The smallest absolute Gasteiger partial charge is 0.119 e. The summed E-state index contributed by atoms with van der Waals surface area (Å²) in [6, 6.07) is 28.0. The third kappa shape index (κ3) is 5.07. The first-order valence-electron chi connectivity index (χ1n) is 8.41. The van der Waals surface area contributed by atoms with E-state index in [0.717, 1.165) is 28.0 Å². The van der Waals surface area contributed by atoms with Gasteiger partial charge in [0.2, 0.25) is 0 Å². The molecule has 0 unspecified atom stereocenters. The van der Waals surface area contributed by atoms with Crippen molar-refractivity contribution in [3.05, 3.63) is 108 Å². The number of aliphatic hydroxyl groups excluding tert-OH is 1. The number of ether oxygens (including phenoxy) is 1. The summed E-state index contributed by atoms with van der Waals surface area (Å²) in [5.74, 6) is 0.831. The van der Waals surface area contributed by atoms with Crippen LogP contribution in [0.25, 0.3) is 5.57 Å². The fourth-order valence-electron chi connectivity index (χ4n) is 2.58. The number of hydrogen-bond acceptors (Lipinski definition) is 2. The van der Waals surface area contributed by atoms with Gasteiger partial charge in [-0.25, -0.2) is 0 Å². The molecule has 0 aliphatic carbocycles. The van der Waals surface area contributed by atoms with Crippen LogP contribution in [0.1, 0.15) is 23.1 Å². The Morgan fingerprint density at radius 2 is 1.44 bits per heavy atom. The Morgan fingerprint density at radius 1 is 0.800 bits per heavy atom. The second-order valence-electron chi connectivity index (χ2n) is 5.74. The predicted octanol–water partition coefficient (Wildman–Crippen LogP) is 4.88. The number of benzene rings is 3. The van der Waals surface area contributed by atoms with Gasteiger partial charge in [0.05, 0.1) is 0 Å². The van der Waals surface area contributed by atoms with E-state index in [1.54, 1.807) is 0 Å². The van der Waals surface area contributed by atoms with Gasteiger partial charge in [-0.1, -0.05) is 72.8 Å². The zero-order valence-electron chi connectivity index (χ0n) is 14.1. The second kappa shape index (κ2) is 8.86. The van der Waals surface area contributed by atoms with Crippen molar-refractivity contribution in [2.75, 3.05) is 6.61 Å². The van der Waals surface area contributed by atoms with Crippen molar-refractivity contribution < 1.29 is 9.84 Å². The van der Waals surface area contributed by atoms with Crippen LogP contribution in [0.5, 0.6) is 5.75 Å². The van der Waals surface area contributed by atoms with E-state index in [1.165, 1.54) is 0 Å². The lowest BCUT2D eigenvalue weighted by atomic mass is 10.0. The maximum Gasteiger partial charge on any atom is 0.119 e. The molecule has 3 rings (SSSR count). The third-order valence-corrected chi connectivity index (χ3v) is 3.88. The average Bonchev–Trinajstić information content (AvgIpc) is 2.68. The Morgan fingerprint density at radius 3 is 2.08 bits per heavy atom. The minimum atomic E-state index is 0.107. The number of hydrogen-bond donors (Lipinski definition) is 1. The van der Waals surface area contributed by atoms with Crippen molar-refractivity contribution in [1.29, 1.82) is 0 Å². The monoisotopic (exact) mass is 329 g/mol. The molecule has 0 bridgehead atoms. The van der Waals surface area contributed by atoms with E-state index in [0.29, 0.717) is 13.0 Å². The van der Waals surface area contributed by atoms with Crippen LogP contribution in [0.15, 0.2) is 84.9 Å². The molecule has 0 atom stereocenters. The Hall–Kier alpha value is -2.84. The Labute approximate surface area is 149 Å². The molecule has 0 fully saturated rings. The maximum atomic E-state index is 9.32. The topological polar surface area (TPSA) is 29.5 Å². The van der Waals surface area contributed by atoms with Gasteiger partial charge in [0.25, 0.3) is 0 Å². The summed E-state index contributed by atoms with van der Waals surface area (Å²) >= 11 is 0. The predicted molar refractivity (Wildman–Crippen MR) is 101 cm³/mol. The largest absolute Gasteiger partial charge is 0.489 e. The highest BCUT2D eigenvalue weighted by Gasteiger charge is 2.02. The van der Waals surface area contributed by atoms with E-state index >= 15 is 0 Å². The molecule has 0 spiro atoms. The molecule has 2 nitrogen and oxygen atoms in total. The van der Waals surface area contributed by atoms with E-state index in [9.17, 15) is 5.11 Å². The summed E-state index contributed by atoms with van der Waals surface area (Å²) in [7, 11) is 0. The van der Waals surface area contributed by atoms with Crippen LogP contribution in [-0.4, -0.2) is 11.7 Å². The van der Waals surface area contributed by atoms with Crippen molar-refractivity contribution in [2.45, 2.75) is 13.0 Å². The van der Waals surface area contributed by atoms with Gasteiger partial charge in [-0.2, -0.15) is 0 Å². The minimum Gasteiger partial charge on any atom is -0.489 e. The summed E-state index contributed by atoms with van der Waals surface area (Å²) < 4.78 is 5.81. The molecule has 0 saturated heterocycles. The molecule has 1 N–H and O–H groups in total. The van der Waals surface area contributed by atoms with Gasteiger partial charge < -0.3 is 9.84 Å². The third-order valence-electron chi connectivity index (χ3n) is 3.88. The van der Waals surface area contributed by atoms with Gasteiger partial charge in [0.1, 0.15) is 12.4 Å². The fraction of sp³-hybridized carbons (Fsp3) is 0.130. The highest BCUT2D eigenvalue weighted by Crippen LogP contribution is 2.21. The van der Waals surface area contributed by atoms with Crippen LogP contribution >= 0.6 is 0 Å². The fourth-order valence-corrected chi connectivity index (χ4v) is 2.58. The van der Waals surface area contributed by atoms with Crippen molar-refractivity contribution in [3.8, 4) is 5.75 Å². The molecule has 0 aromatic heterocycles. The average molecular weight is 329 g/mol. The molecule has 25 heavy (non-hydrogen) atoms. The first-order valence-corrected chi connectivity index (χ1v) is 8.41. The lowest BCUT2D eigenvalue weighted by Crippen LogP contribution is -1.95. The van der Waals surface area contributed by atoms with Crippen LogP contribution in [0.4, 0.5) is 0 Å². The molecule has 0 amide bonds. The Bertz CT molecular complexity index is 791. The molecule has 0 heterocycles. The quantitative estimate of drug-likeness (QED) is 0.626. The molecular weight excluding hydrogens is 308 g/mol. The summed E-state index contributed by atoms with van der Waals surface area (Å²) in [6.45, 7) is 0.662. The molecule has 0 saturated carbocycles. The van der Waals surface area contributed by atoms with Crippen LogP contribution in [0, 0.1) is 6.08 Å². The Kier molecular flexibility index (Phi) is 6.02. The van der Waals surface area contributed by atoms with Crippen LogP contribution in [0.2, 0.25) is 0 Å². The molecular formula is C23H21O2. The van der Waals surface area contributed by atoms with Gasteiger partial charge >= 0.3 is 0 Å². The summed E-state index contributed by atoms with van der Waals surface area (Å²) in [4.78, 5) is 0. The van der Waals surface area contributed by atoms with Gasteiger partial charge in [-0.05, 0) is 46.9 Å². The molecule has 0 aliphatic heterocycles. The molecule has 2 heteroatoms. The molecule has 1 radical (unpaired) electrons. The Balaban J connectivity index is 1.70. The lowest BCUT2D eigenvalue weighted by molar-refractivity contribution is 0.304. The first kappa shape index (κ1) is 17.0. The van der Waals surface area contributed by atoms with Gasteiger partial charge in [0, 0.05) is 6.61 Å². The standard InChI is InChI=1S/C23H21O2/c24-16-15-22(21-9-5-2-6-10-21)17-19-11-13-23(14-12-19)25-18-20-7-3-1-4-8-20/h1-14,24H,15-16,18H2. The van der Waals surface area contributed by atoms with E-state index < -0.39 is 0 Å². The highest BCUT2D eigenvalue weighted by molar-refractivity contribution is 5.66. The molecule has 0 aliphatic rings. The normalized spacial score (nSPS) is 11.3. The van der Waals surface area contributed by atoms with Crippen LogP contribution in [0.3, 0.4) is 0 Å². The SMILES string of the molecule is OCC/C(=[C]\c1ccc(OCc2ccccc2)cc1)c1ccccc1. The molecule has 125 valence electrons. The van der Waals surface area contributed by atoms with Gasteiger partial charge in [-0.3, -0.25) is 0 Å². The van der Waals surface area contributed by atoms with Crippen molar-refractivity contribution in [3.63, 3.8) is 0 Å². The zero-order valence-corrected chi connectivity index (χ0v) is 14.1. The van der Waals surface area contributed by atoms with Gasteiger partial charge in [0.15, 0.2) is 0 Å². The number of rotatable bonds is 7. The van der Waals surface area contributed by atoms with Crippen molar-refractivity contribution >= 4 is 5.57 Å². The zero-order chi connectivity index (χ0) is 17.3. The van der Waals surface area contributed by atoms with E-state index in [4.69, 9.17) is 4.74 Å². The summed E-state index contributed by atoms with van der Waals surface area (Å²) in [6.07, 6.45) is 3.98. The molecule has 3 aromatic carbocycles. The summed E-state index contributed by atoms with van der Waals surface area (Å²) in [5.41, 5.74) is 4.20. The maximum absolute atomic E-state index is 9.32. The van der Waals surface area contributed by atoms with Crippen LogP contribution < -0.4 is 4.74 Å². The second-order valence-corrected chi connectivity index (χ2v) is 5.74. The van der Waals surface area contributed by atoms with E-state index in [-0.39, 0.29) is 6.61 Å². The van der Waals surface area contributed by atoms with E-state index in [1.807, 2.05) is 84.9 Å². The lowest BCUT2D eigenvalue weighted by Gasteiger charge is -2.08. The minimum absolute atomic E-state index is 0.107. The number of aliphatic hydroxyl groups is 1. The van der Waals surface area contributed by atoms with Crippen molar-refractivity contribution in [2.24, 2.45) is 0 Å².